The zero-order valence-electron chi connectivity index (χ0n) is 11.0. The Morgan fingerprint density at radius 3 is 2.70 bits per heavy atom. The van der Waals surface area contributed by atoms with E-state index in [0.717, 1.165) is 27.5 Å². The number of hydrogen-bond acceptors (Lipinski definition) is 2. The van der Waals surface area contributed by atoms with E-state index in [0.29, 0.717) is 5.56 Å². The first-order chi connectivity index (χ1) is 9.65. The Kier molecular flexibility index (Phi) is 2.95. The fraction of sp³-hybridized carbons (Fsp3) is 0.0588. The molecule has 98 valence electrons. The van der Waals surface area contributed by atoms with Crippen LogP contribution in [0.3, 0.4) is 0 Å². The quantitative estimate of drug-likeness (QED) is 0.762. The standard InChI is InChI=1S/C17H13NO2/c1-11-6-13(8-14(7-11)17(19)20)16-10-18-9-12-4-2-3-5-15(12)16/h2-10H,1H3,(H,19,20). The maximum Gasteiger partial charge on any atom is 0.335 e. The van der Waals surface area contributed by atoms with Gasteiger partial charge in [-0.1, -0.05) is 30.3 Å². The van der Waals surface area contributed by atoms with E-state index in [4.69, 9.17) is 0 Å². The van der Waals surface area contributed by atoms with Crippen LogP contribution in [0.5, 0.6) is 0 Å². The number of carboxylic acids is 1. The van der Waals surface area contributed by atoms with Crippen molar-refractivity contribution in [2.45, 2.75) is 6.92 Å². The Hall–Kier alpha value is -2.68. The molecule has 3 nitrogen and oxygen atoms in total. The van der Waals surface area contributed by atoms with Crippen molar-refractivity contribution in [3.8, 4) is 11.1 Å². The van der Waals surface area contributed by atoms with Crippen LogP contribution in [0.25, 0.3) is 21.9 Å². The van der Waals surface area contributed by atoms with Crippen LogP contribution in [0.2, 0.25) is 0 Å². The molecule has 0 amide bonds. The Labute approximate surface area is 116 Å². The van der Waals surface area contributed by atoms with Crippen molar-refractivity contribution in [1.29, 1.82) is 0 Å². The summed E-state index contributed by atoms with van der Waals surface area (Å²) in [7, 11) is 0. The molecule has 0 unspecified atom stereocenters. The molecule has 0 aliphatic rings. The van der Waals surface area contributed by atoms with Crippen molar-refractivity contribution >= 4 is 16.7 Å². The molecule has 1 N–H and O–H groups in total. The van der Waals surface area contributed by atoms with E-state index in [1.165, 1.54) is 0 Å². The first kappa shape index (κ1) is 12.4. The van der Waals surface area contributed by atoms with Gasteiger partial charge in [0.2, 0.25) is 0 Å². The highest BCUT2D eigenvalue weighted by Crippen LogP contribution is 2.29. The molecule has 0 saturated heterocycles. The van der Waals surface area contributed by atoms with E-state index in [-0.39, 0.29) is 0 Å². The van der Waals surface area contributed by atoms with Gasteiger partial charge < -0.3 is 5.11 Å². The van der Waals surface area contributed by atoms with Gasteiger partial charge in [0.25, 0.3) is 0 Å². The summed E-state index contributed by atoms with van der Waals surface area (Å²) in [6, 6.07) is 13.3. The van der Waals surface area contributed by atoms with Crippen LogP contribution in [0, 0.1) is 6.92 Å². The number of benzene rings is 2. The van der Waals surface area contributed by atoms with Crippen LogP contribution in [0.1, 0.15) is 15.9 Å². The van der Waals surface area contributed by atoms with Gasteiger partial charge in [-0.3, -0.25) is 4.98 Å². The van der Waals surface area contributed by atoms with Gasteiger partial charge in [0.1, 0.15) is 0 Å². The van der Waals surface area contributed by atoms with Gasteiger partial charge in [0, 0.05) is 23.3 Å². The summed E-state index contributed by atoms with van der Waals surface area (Å²) >= 11 is 0. The highest BCUT2D eigenvalue weighted by atomic mass is 16.4. The topological polar surface area (TPSA) is 50.2 Å². The van der Waals surface area contributed by atoms with Gasteiger partial charge in [0.05, 0.1) is 5.56 Å². The number of hydrogen-bond donors (Lipinski definition) is 1. The van der Waals surface area contributed by atoms with Gasteiger partial charge in [-0.25, -0.2) is 4.79 Å². The fourth-order valence-corrected chi connectivity index (χ4v) is 2.41. The highest BCUT2D eigenvalue weighted by Gasteiger charge is 2.09. The van der Waals surface area contributed by atoms with Crippen molar-refractivity contribution in [2.75, 3.05) is 0 Å². The molecule has 3 rings (SSSR count). The number of aryl methyl sites for hydroxylation is 1. The van der Waals surface area contributed by atoms with Crippen molar-refractivity contribution in [2.24, 2.45) is 0 Å². The third-order valence-electron chi connectivity index (χ3n) is 3.30. The van der Waals surface area contributed by atoms with Gasteiger partial charge in [0.15, 0.2) is 0 Å². The lowest BCUT2D eigenvalue weighted by molar-refractivity contribution is 0.0697. The first-order valence-electron chi connectivity index (χ1n) is 6.33. The molecule has 0 spiro atoms. The Morgan fingerprint density at radius 1 is 1.10 bits per heavy atom. The third kappa shape index (κ3) is 2.14. The second-order valence-corrected chi connectivity index (χ2v) is 4.80. The number of rotatable bonds is 2. The molecule has 3 heteroatoms. The minimum atomic E-state index is -0.914. The molecule has 0 bridgehead atoms. The number of nitrogens with zero attached hydrogens (tertiary/aromatic N) is 1. The lowest BCUT2D eigenvalue weighted by Crippen LogP contribution is -1.97. The predicted molar refractivity (Wildman–Crippen MR) is 78.9 cm³/mol. The Morgan fingerprint density at radius 2 is 1.90 bits per heavy atom. The molecule has 0 radical (unpaired) electrons. The Balaban J connectivity index is 2.28. The summed E-state index contributed by atoms with van der Waals surface area (Å²) in [5, 5.41) is 11.3. The summed E-state index contributed by atoms with van der Waals surface area (Å²) in [6.45, 7) is 1.90. The number of carboxylic acid groups (broad SMARTS) is 1. The van der Waals surface area contributed by atoms with Crippen molar-refractivity contribution in [3.63, 3.8) is 0 Å². The molecule has 0 aliphatic heterocycles. The van der Waals surface area contributed by atoms with Gasteiger partial charge >= 0.3 is 5.97 Å². The van der Waals surface area contributed by atoms with Crippen molar-refractivity contribution in [1.82, 2.24) is 4.98 Å². The zero-order chi connectivity index (χ0) is 14.1. The van der Waals surface area contributed by atoms with Gasteiger partial charge in [-0.05, 0) is 35.6 Å². The summed E-state index contributed by atoms with van der Waals surface area (Å²) in [6.07, 6.45) is 3.59. The molecule has 1 aromatic heterocycles. The molecule has 0 saturated carbocycles. The molecule has 1 heterocycles. The van der Waals surface area contributed by atoms with Crippen LogP contribution in [0.4, 0.5) is 0 Å². The smallest absolute Gasteiger partial charge is 0.335 e. The third-order valence-corrected chi connectivity index (χ3v) is 3.30. The molecule has 0 fully saturated rings. The van der Waals surface area contributed by atoms with E-state index in [1.54, 1.807) is 18.3 Å². The van der Waals surface area contributed by atoms with Crippen LogP contribution in [-0.4, -0.2) is 16.1 Å². The second kappa shape index (κ2) is 4.78. The summed E-state index contributed by atoms with van der Waals surface area (Å²) in [5.41, 5.74) is 3.06. The minimum absolute atomic E-state index is 0.299. The largest absolute Gasteiger partial charge is 0.478 e. The summed E-state index contributed by atoms with van der Waals surface area (Å²) in [4.78, 5) is 15.4. The van der Waals surface area contributed by atoms with Gasteiger partial charge in [-0.2, -0.15) is 0 Å². The van der Waals surface area contributed by atoms with E-state index < -0.39 is 5.97 Å². The highest BCUT2D eigenvalue weighted by molar-refractivity contribution is 5.97. The predicted octanol–water partition coefficient (Wildman–Crippen LogP) is 3.91. The number of pyridine rings is 1. The second-order valence-electron chi connectivity index (χ2n) is 4.80. The Bertz CT molecular complexity index is 804. The van der Waals surface area contributed by atoms with Crippen LogP contribution >= 0.6 is 0 Å². The van der Waals surface area contributed by atoms with Crippen LogP contribution in [0.15, 0.2) is 54.9 Å². The van der Waals surface area contributed by atoms with Crippen LogP contribution < -0.4 is 0 Å². The number of carbonyl (C=O) groups is 1. The number of aromatic nitrogens is 1. The maximum atomic E-state index is 11.2. The summed E-state index contributed by atoms with van der Waals surface area (Å²) < 4.78 is 0. The van der Waals surface area contributed by atoms with E-state index in [2.05, 4.69) is 4.98 Å². The van der Waals surface area contributed by atoms with E-state index in [1.807, 2.05) is 43.5 Å². The SMILES string of the molecule is Cc1cc(C(=O)O)cc(-c2cncc3ccccc23)c1. The average molecular weight is 263 g/mol. The normalized spacial score (nSPS) is 10.7. The average Bonchev–Trinajstić information content (AvgIpc) is 2.46. The maximum absolute atomic E-state index is 11.2. The summed E-state index contributed by atoms with van der Waals surface area (Å²) in [5.74, 6) is -0.914. The molecule has 0 aliphatic carbocycles. The first-order valence-corrected chi connectivity index (χ1v) is 6.33. The molecule has 0 atom stereocenters. The number of aromatic carboxylic acids is 1. The van der Waals surface area contributed by atoms with Crippen molar-refractivity contribution in [3.05, 3.63) is 66.0 Å². The molecule has 20 heavy (non-hydrogen) atoms. The lowest BCUT2D eigenvalue weighted by Gasteiger charge is -2.08. The molecule has 2 aromatic carbocycles. The lowest BCUT2D eigenvalue weighted by atomic mass is 9.97. The zero-order valence-corrected chi connectivity index (χ0v) is 11.0. The van der Waals surface area contributed by atoms with Gasteiger partial charge in [-0.15, -0.1) is 0 Å². The monoisotopic (exact) mass is 263 g/mol. The van der Waals surface area contributed by atoms with Crippen molar-refractivity contribution < 1.29 is 9.90 Å². The molecule has 3 aromatic rings. The van der Waals surface area contributed by atoms with E-state index in [9.17, 15) is 9.90 Å². The number of fused-ring (bicyclic) bond motifs is 1. The fourth-order valence-electron chi connectivity index (χ4n) is 2.41. The molecular weight excluding hydrogens is 250 g/mol. The van der Waals surface area contributed by atoms with Crippen LogP contribution in [-0.2, 0) is 0 Å². The van der Waals surface area contributed by atoms with E-state index >= 15 is 0 Å². The minimum Gasteiger partial charge on any atom is -0.478 e. The molecular formula is C17H13NO2.